The number of carbonyl (C=O) groups is 1. The van der Waals surface area contributed by atoms with Crippen molar-refractivity contribution < 1.29 is 9.53 Å². The third kappa shape index (κ3) is 3.59. The first-order valence-corrected chi connectivity index (χ1v) is 9.20. The highest BCUT2D eigenvalue weighted by molar-refractivity contribution is 5.94. The first kappa shape index (κ1) is 17.7. The fourth-order valence-electron chi connectivity index (χ4n) is 3.71. The lowest BCUT2D eigenvalue weighted by Gasteiger charge is -2.42. The number of H-pyrrole nitrogens is 1. The van der Waals surface area contributed by atoms with Gasteiger partial charge in [0, 0.05) is 13.1 Å². The molecule has 1 amide bonds. The van der Waals surface area contributed by atoms with Crippen molar-refractivity contribution >= 4 is 16.9 Å². The number of likely N-dealkylation sites (N-methyl/N-ethyl adjacent to an activating group) is 1. The summed E-state index contributed by atoms with van der Waals surface area (Å²) in [5.74, 6) is 0.287. The second-order valence-corrected chi connectivity index (χ2v) is 7.13. The van der Waals surface area contributed by atoms with Gasteiger partial charge in [0.15, 0.2) is 5.82 Å². The highest BCUT2D eigenvalue weighted by atomic mass is 16.5. The summed E-state index contributed by atoms with van der Waals surface area (Å²) in [5, 5.41) is 0. The van der Waals surface area contributed by atoms with Gasteiger partial charge in [0.2, 0.25) is 0 Å². The number of hydrogen-bond acceptors (Lipinski definition) is 4. The molecule has 1 fully saturated rings. The average molecular weight is 364 g/mol. The zero-order valence-electron chi connectivity index (χ0n) is 15.6. The fourth-order valence-corrected chi connectivity index (χ4v) is 3.71. The summed E-state index contributed by atoms with van der Waals surface area (Å²) in [6.45, 7) is 1.80. The van der Waals surface area contributed by atoms with Gasteiger partial charge in [0.25, 0.3) is 5.91 Å². The molecule has 1 N–H and O–H groups in total. The van der Waals surface area contributed by atoms with E-state index in [9.17, 15) is 4.79 Å². The Hall–Kier alpha value is -2.70. The van der Waals surface area contributed by atoms with Gasteiger partial charge in [-0.25, -0.2) is 4.98 Å². The maximum absolute atomic E-state index is 13.3. The Morgan fingerprint density at radius 2 is 1.93 bits per heavy atom. The Labute approximate surface area is 158 Å². The number of aromatic amines is 1. The maximum atomic E-state index is 13.3. The number of amides is 1. The molecule has 27 heavy (non-hydrogen) atoms. The highest BCUT2D eigenvalue weighted by Gasteiger charge is 2.37. The van der Waals surface area contributed by atoms with Gasteiger partial charge >= 0.3 is 0 Å². The second kappa shape index (κ2) is 7.50. The molecule has 1 saturated heterocycles. The van der Waals surface area contributed by atoms with E-state index >= 15 is 0 Å². The standard InChI is InChI=1S/C21H24N4O2/c1-24(2)14-18-19(15-8-4-3-5-9-15)25(12-13-27-18)21(26)20-22-16-10-6-7-11-17(16)23-20/h3-11,18-19H,12-14H2,1-2H3,(H,22,23)/t18-,19-/m0/s1. The van der Waals surface area contributed by atoms with Crippen molar-refractivity contribution in [3.8, 4) is 0 Å². The Balaban J connectivity index is 1.70. The van der Waals surface area contributed by atoms with Crippen LogP contribution < -0.4 is 0 Å². The van der Waals surface area contributed by atoms with E-state index in [-0.39, 0.29) is 18.1 Å². The minimum absolute atomic E-state index is 0.0906. The van der Waals surface area contributed by atoms with E-state index < -0.39 is 0 Å². The lowest BCUT2D eigenvalue weighted by atomic mass is 9.97. The predicted molar refractivity (Wildman–Crippen MR) is 105 cm³/mol. The van der Waals surface area contributed by atoms with E-state index in [1.54, 1.807) is 0 Å². The summed E-state index contributed by atoms with van der Waals surface area (Å²) >= 11 is 0. The quantitative estimate of drug-likeness (QED) is 0.773. The first-order valence-electron chi connectivity index (χ1n) is 9.20. The second-order valence-electron chi connectivity index (χ2n) is 7.13. The van der Waals surface area contributed by atoms with Crippen LogP contribution in [-0.4, -0.2) is 65.6 Å². The van der Waals surface area contributed by atoms with Crippen molar-refractivity contribution in [2.24, 2.45) is 0 Å². The molecule has 140 valence electrons. The number of nitrogens with zero attached hydrogens (tertiary/aromatic N) is 3. The van der Waals surface area contributed by atoms with Crippen LogP contribution in [0.1, 0.15) is 22.2 Å². The van der Waals surface area contributed by atoms with Crippen LogP contribution in [0.15, 0.2) is 54.6 Å². The molecule has 0 aliphatic carbocycles. The smallest absolute Gasteiger partial charge is 0.290 e. The third-order valence-electron chi connectivity index (χ3n) is 4.89. The van der Waals surface area contributed by atoms with Crippen LogP contribution in [0.25, 0.3) is 11.0 Å². The highest BCUT2D eigenvalue weighted by Crippen LogP contribution is 2.31. The van der Waals surface area contributed by atoms with Crippen molar-refractivity contribution in [3.05, 3.63) is 66.0 Å². The van der Waals surface area contributed by atoms with Crippen LogP contribution in [0.5, 0.6) is 0 Å². The molecule has 0 unspecified atom stereocenters. The third-order valence-corrected chi connectivity index (χ3v) is 4.89. The molecule has 1 aliphatic heterocycles. The minimum atomic E-state index is -0.150. The number of carbonyl (C=O) groups excluding carboxylic acids is 1. The van der Waals surface area contributed by atoms with E-state index in [1.165, 1.54) is 0 Å². The van der Waals surface area contributed by atoms with E-state index in [0.717, 1.165) is 23.1 Å². The largest absolute Gasteiger partial charge is 0.373 e. The molecule has 0 bridgehead atoms. The zero-order chi connectivity index (χ0) is 18.8. The molecule has 6 nitrogen and oxygen atoms in total. The van der Waals surface area contributed by atoms with Crippen molar-refractivity contribution in [1.82, 2.24) is 19.8 Å². The molecule has 4 rings (SSSR count). The molecular formula is C21H24N4O2. The van der Waals surface area contributed by atoms with Crippen molar-refractivity contribution in [2.75, 3.05) is 33.8 Å². The van der Waals surface area contributed by atoms with Gasteiger partial charge < -0.3 is 19.5 Å². The SMILES string of the molecule is CN(C)C[C@@H]1OCCN(C(=O)c2nc3ccccc3[nH]2)[C@H]1c1ccccc1. The summed E-state index contributed by atoms with van der Waals surface area (Å²) < 4.78 is 6.06. The van der Waals surface area contributed by atoms with Crippen molar-refractivity contribution in [3.63, 3.8) is 0 Å². The number of rotatable bonds is 4. The van der Waals surface area contributed by atoms with Gasteiger partial charge in [-0.2, -0.15) is 0 Å². The number of hydrogen-bond donors (Lipinski definition) is 1. The predicted octanol–water partition coefficient (Wildman–Crippen LogP) is 2.71. The number of morpholine rings is 1. The van der Waals surface area contributed by atoms with Crippen LogP contribution >= 0.6 is 0 Å². The number of fused-ring (bicyclic) bond motifs is 1. The molecule has 2 aromatic carbocycles. The van der Waals surface area contributed by atoms with Crippen LogP contribution in [0.3, 0.4) is 0 Å². The van der Waals surface area contributed by atoms with E-state index in [1.807, 2.05) is 61.5 Å². The van der Waals surface area contributed by atoms with Gasteiger partial charge in [-0.05, 0) is 31.8 Å². The molecule has 3 aromatic rings. The van der Waals surface area contributed by atoms with Crippen LogP contribution in [0, 0.1) is 0 Å². The monoisotopic (exact) mass is 364 g/mol. The zero-order valence-corrected chi connectivity index (χ0v) is 15.6. The summed E-state index contributed by atoms with van der Waals surface area (Å²) in [7, 11) is 4.04. The van der Waals surface area contributed by atoms with Crippen molar-refractivity contribution in [2.45, 2.75) is 12.1 Å². The van der Waals surface area contributed by atoms with Gasteiger partial charge in [0.1, 0.15) is 0 Å². The van der Waals surface area contributed by atoms with Gasteiger partial charge in [-0.3, -0.25) is 4.79 Å². The van der Waals surface area contributed by atoms with E-state index in [4.69, 9.17) is 4.74 Å². The number of imidazole rings is 1. The lowest BCUT2D eigenvalue weighted by Crippen LogP contribution is -2.51. The van der Waals surface area contributed by atoms with Gasteiger partial charge in [-0.1, -0.05) is 42.5 Å². The fraction of sp³-hybridized carbons (Fsp3) is 0.333. The maximum Gasteiger partial charge on any atom is 0.290 e. The van der Waals surface area contributed by atoms with Crippen LogP contribution in [0.4, 0.5) is 0 Å². The molecule has 0 saturated carbocycles. The Bertz CT molecular complexity index is 889. The summed E-state index contributed by atoms with van der Waals surface area (Å²) in [5.41, 5.74) is 2.75. The number of ether oxygens (including phenoxy) is 1. The molecule has 2 atom stereocenters. The molecule has 1 aromatic heterocycles. The molecule has 1 aliphatic rings. The summed E-state index contributed by atoms with van der Waals surface area (Å²) in [4.78, 5) is 25.0. The molecular weight excluding hydrogens is 340 g/mol. The van der Waals surface area contributed by atoms with Gasteiger partial charge in [-0.15, -0.1) is 0 Å². The van der Waals surface area contributed by atoms with Crippen LogP contribution in [-0.2, 0) is 4.74 Å². The number of nitrogens with one attached hydrogen (secondary N) is 1. The normalized spacial score (nSPS) is 20.3. The molecule has 2 heterocycles. The number of benzene rings is 2. The topological polar surface area (TPSA) is 61.5 Å². The van der Waals surface area contributed by atoms with Crippen LogP contribution in [0.2, 0.25) is 0 Å². The van der Waals surface area contributed by atoms with E-state index in [2.05, 4.69) is 27.0 Å². The Kier molecular flexibility index (Phi) is 4.92. The minimum Gasteiger partial charge on any atom is -0.373 e. The van der Waals surface area contributed by atoms with E-state index in [0.29, 0.717) is 19.0 Å². The van der Waals surface area contributed by atoms with Gasteiger partial charge in [0.05, 0.1) is 29.8 Å². The first-order chi connectivity index (χ1) is 13.1. The van der Waals surface area contributed by atoms with Crippen molar-refractivity contribution in [1.29, 1.82) is 0 Å². The number of para-hydroxylation sites is 2. The Morgan fingerprint density at radius 1 is 1.19 bits per heavy atom. The Morgan fingerprint density at radius 3 is 2.67 bits per heavy atom. The summed E-state index contributed by atoms with van der Waals surface area (Å²) in [6, 6.07) is 17.6. The summed E-state index contributed by atoms with van der Waals surface area (Å²) in [6.07, 6.45) is -0.0931. The molecule has 0 radical (unpaired) electrons. The molecule has 6 heteroatoms. The molecule has 0 spiro atoms. The number of aromatic nitrogens is 2. The lowest BCUT2D eigenvalue weighted by molar-refractivity contribution is -0.0687. The average Bonchev–Trinajstić information content (AvgIpc) is 3.12.